The summed E-state index contributed by atoms with van der Waals surface area (Å²) in [5.74, 6) is 0. The van der Waals surface area contributed by atoms with E-state index in [-0.39, 0.29) is 7.43 Å². The highest BCUT2D eigenvalue weighted by Crippen LogP contribution is 1.99. The molecule has 1 rings (SSSR count). The fraction of sp³-hybridized carbons (Fsp3) is 0.400. The molecular weight excluding hydrogens is 106 g/mol. The highest BCUT2D eigenvalue weighted by atomic mass is 32.1. The molecule has 0 aliphatic heterocycles. The van der Waals surface area contributed by atoms with Crippen molar-refractivity contribution in [2.24, 2.45) is 0 Å². The summed E-state index contributed by atoms with van der Waals surface area (Å²) in [4.78, 5) is 5.11. The minimum Gasteiger partial charge on any atom is -0.253 e. The Bertz CT molecular complexity index is 112. The van der Waals surface area contributed by atoms with Gasteiger partial charge >= 0.3 is 0 Å². The van der Waals surface area contributed by atoms with Crippen molar-refractivity contribution >= 4 is 11.3 Å². The zero-order chi connectivity index (χ0) is 4.41. The summed E-state index contributed by atoms with van der Waals surface area (Å²) in [6, 6.07) is 0. The van der Waals surface area contributed by atoms with Gasteiger partial charge in [-0.15, -0.1) is 11.3 Å². The number of hydrogen-bond donors (Lipinski definition) is 0. The maximum Gasteiger partial charge on any atom is 0.0794 e. The molecule has 1 aromatic rings. The maximum absolute atomic E-state index is 3.84. The van der Waals surface area contributed by atoms with Crippen LogP contribution in [0.15, 0.2) is 11.7 Å². The summed E-state index contributed by atoms with van der Waals surface area (Å²) in [5.41, 5.74) is 1.83. The average Bonchev–Trinajstić information content (AvgIpc) is 1.86. The van der Waals surface area contributed by atoms with Crippen molar-refractivity contribution in [3.63, 3.8) is 0 Å². The largest absolute Gasteiger partial charge is 0.253 e. The van der Waals surface area contributed by atoms with Gasteiger partial charge in [-0.05, 0) is 6.92 Å². The standard InChI is InChI=1S/C4H5NS.CH4/c1-4-2-5-3-6-4;/h2-3H,1H3;1H4. The van der Waals surface area contributed by atoms with Crippen LogP contribution in [0.5, 0.6) is 0 Å². The van der Waals surface area contributed by atoms with Gasteiger partial charge < -0.3 is 0 Å². The maximum atomic E-state index is 3.84. The SMILES string of the molecule is C.Cc1cncs1. The number of aryl methyl sites for hydroxylation is 1. The Labute approximate surface area is 48.0 Å². The summed E-state index contributed by atoms with van der Waals surface area (Å²) >= 11 is 1.67. The van der Waals surface area contributed by atoms with Gasteiger partial charge in [-0.1, -0.05) is 7.43 Å². The van der Waals surface area contributed by atoms with Crippen LogP contribution in [0.4, 0.5) is 0 Å². The van der Waals surface area contributed by atoms with Crippen LogP contribution in [-0.4, -0.2) is 4.98 Å². The van der Waals surface area contributed by atoms with Gasteiger partial charge in [0.2, 0.25) is 0 Å². The van der Waals surface area contributed by atoms with E-state index >= 15 is 0 Å². The van der Waals surface area contributed by atoms with E-state index in [1.807, 2.05) is 18.6 Å². The molecule has 40 valence electrons. The molecular formula is C5H9NS. The van der Waals surface area contributed by atoms with E-state index in [1.54, 1.807) is 11.3 Å². The predicted molar refractivity (Wildman–Crippen MR) is 33.6 cm³/mol. The molecule has 1 heterocycles. The molecule has 0 radical (unpaired) electrons. The average molecular weight is 115 g/mol. The molecule has 0 aliphatic rings. The topological polar surface area (TPSA) is 12.9 Å². The number of hydrogen-bond acceptors (Lipinski definition) is 2. The zero-order valence-corrected chi connectivity index (χ0v) is 4.33. The molecule has 7 heavy (non-hydrogen) atoms. The van der Waals surface area contributed by atoms with Crippen molar-refractivity contribution in [2.75, 3.05) is 0 Å². The van der Waals surface area contributed by atoms with E-state index in [0.717, 1.165) is 0 Å². The highest BCUT2D eigenvalue weighted by Gasteiger charge is 1.76. The van der Waals surface area contributed by atoms with Crippen molar-refractivity contribution in [2.45, 2.75) is 14.4 Å². The van der Waals surface area contributed by atoms with E-state index < -0.39 is 0 Å². The van der Waals surface area contributed by atoms with Crippen molar-refractivity contribution in [3.8, 4) is 0 Å². The normalized spacial score (nSPS) is 7.57. The molecule has 0 spiro atoms. The zero-order valence-electron chi connectivity index (χ0n) is 3.51. The molecule has 1 aromatic heterocycles. The quantitative estimate of drug-likeness (QED) is 0.504. The molecule has 0 aromatic carbocycles. The lowest BCUT2D eigenvalue weighted by Crippen LogP contribution is -1.48. The summed E-state index contributed by atoms with van der Waals surface area (Å²) in [6.07, 6.45) is 1.85. The highest BCUT2D eigenvalue weighted by molar-refractivity contribution is 7.09. The van der Waals surface area contributed by atoms with Crippen LogP contribution in [-0.2, 0) is 0 Å². The first-order chi connectivity index (χ1) is 2.89. The first-order valence-corrected chi connectivity index (χ1v) is 2.62. The second-order valence-electron chi connectivity index (χ2n) is 1.11. The first-order valence-electron chi connectivity index (χ1n) is 1.74. The van der Waals surface area contributed by atoms with Gasteiger partial charge in [-0.3, -0.25) is 4.98 Å². The van der Waals surface area contributed by atoms with Crippen LogP contribution in [0.25, 0.3) is 0 Å². The number of rotatable bonds is 0. The molecule has 0 fully saturated rings. The van der Waals surface area contributed by atoms with Crippen molar-refractivity contribution in [1.29, 1.82) is 0 Å². The minimum absolute atomic E-state index is 0. The molecule has 0 amide bonds. The molecule has 0 atom stereocenters. The van der Waals surface area contributed by atoms with Gasteiger partial charge in [-0.2, -0.15) is 0 Å². The molecule has 0 saturated heterocycles. The summed E-state index contributed by atoms with van der Waals surface area (Å²) < 4.78 is 0. The summed E-state index contributed by atoms with van der Waals surface area (Å²) in [5, 5.41) is 0. The second kappa shape index (κ2) is 2.75. The Kier molecular flexibility index (Phi) is 2.60. The van der Waals surface area contributed by atoms with Gasteiger partial charge in [0.05, 0.1) is 5.51 Å². The monoisotopic (exact) mass is 115 g/mol. The van der Waals surface area contributed by atoms with Gasteiger partial charge in [0.15, 0.2) is 0 Å². The lowest BCUT2D eigenvalue weighted by Gasteiger charge is -1.63. The molecule has 0 N–H and O–H groups in total. The van der Waals surface area contributed by atoms with Crippen molar-refractivity contribution in [1.82, 2.24) is 4.98 Å². The summed E-state index contributed by atoms with van der Waals surface area (Å²) in [6.45, 7) is 2.04. The predicted octanol–water partition coefficient (Wildman–Crippen LogP) is 2.09. The lowest BCUT2D eigenvalue weighted by molar-refractivity contribution is 1.39. The first kappa shape index (κ1) is 6.63. The van der Waals surface area contributed by atoms with Crippen LogP contribution in [0, 0.1) is 6.92 Å². The molecule has 0 bridgehead atoms. The second-order valence-corrected chi connectivity index (χ2v) is 2.20. The van der Waals surface area contributed by atoms with Gasteiger partial charge in [-0.25, -0.2) is 0 Å². The van der Waals surface area contributed by atoms with Gasteiger partial charge in [0, 0.05) is 11.1 Å². The Hall–Kier alpha value is -0.370. The van der Waals surface area contributed by atoms with Crippen LogP contribution >= 0.6 is 11.3 Å². The third-order valence-corrected chi connectivity index (χ3v) is 1.26. The van der Waals surface area contributed by atoms with Crippen LogP contribution in [0.3, 0.4) is 0 Å². The van der Waals surface area contributed by atoms with Crippen molar-refractivity contribution < 1.29 is 0 Å². The fourth-order valence-electron chi connectivity index (χ4n) is 0.279. The van der Waals surface area contributed by atoms with Crippen LogP contribution in [0.1, 0.15) is 12.3 Å². The fourth-order valence-corrected chi connectivity index (χ4v) is 0.689. The van der Waals surface area contributed by atoms with E-state index in [1.165, 1.54) is 4.88 Å². The number of aromatic nitrogens is 1. The number of nitrogens with zero attached hydrogens (tertiary/aromatic N) is 1. The van der Waals surface area contributed by atoms with E-state index in [4.69, 9.17) is 0 Å². The minimum atomic E-state index is 0. The Morgan fingerprint density at radius 3 is 2.57 bits per heavy atom. The third-order valence-electron chi connectivity index (χ3n) is 0.556. The van der Waals surface area contributed by atoms with E-state index in [2.05, 4.69) is 4.98 Å². The van der Waals surface area contributed by atoms with E-state index in [9.17, 15) is 0 Å². The smallest absolute Gasteiger partial charge is 0.0794 e. The third kappa shape index (κ3) is 1.69. The molecule has 0 unspecified atom stereocenters. The van der Waals surface area contributed by atoms with Crippen molar-refractivity contribution in [3.05, 3.63) is 16.6 Å². The summed E-state index contributed by atoms with van der Waals surface area (Å²) in [7, 11) is 0. The molecule has 1 nitrogen and oxygen atoms in total. The Morgan fingerprint density at radius 2 is 2.43 bits per heavy atom. The Morgan fingerprint density at radius 1 is 1.71 bits per heavy atom. The Balaban J connectivity index is 0.000000360. The van der Waals surface area contributed by atoms with Crippen LogP contribution in [0.2, 0.25) is 0 Å². The van der Waals surface area contributed by atoms with E-state index in [0.29, 0.717) is 0 Å². The van der Waals surface area contributed by atoms with Crippen LogP contribution < -0.4 is 0 Å². The lowest BCUT2D eigenvalue weighted by atomic mass is 10.7. The van der Waals surface area contributed by atoms with Gasteiger partial charge in [0.25, 0.3) is 0 Å². The number of thiazole rings is 1. The van der Waals surface area contributed by atoms with Gasteiger partial charge in [0.1, 0.15) is 0 Å². The molecule has 0 saturated carbocycles. The molecule has 0 aliphatic carbocycles. The molecule has 2 heteroatoms.